The van der Waals surface area contributed by atoms with Crippen molar-refractivity contribution in [2.45, 2.75) is 12.8 Å². The molecular weight excluding hydrogens is 371 g/mol. The second kappa shape index (κ2) is 5.73. The molecule has 4 atom stereocenters. The van der Waals surface area contributed by atoms with Crippen LogP contribution < -0.4 is 4.90 Å². The molecule has 2 aromatic rings. The van der Waals surface area contributed by atoms with E-state index in [1.807, 2.05) is 29.1 Å². The Hall–Kier alpha value is -2.04. The number of benzene rings is 1. The standard InChI is InChI=1S/C20H16Cl2N2O2/c21-13-10-16(14(22)9-15(13)23-7-1-2-8-23)24-19(25)17-11-3-4-12(6-5-11)18(17)20(24)26/h1-4,7-12,17-18H,5-6H2/t11-,12+,17-,18+. The number of carbonyl (C=O) groups is 2. The molecule has 1 saturated carbocycles. The first-order chi connectivity index (χ1) is 12.6. The molecule has 0 unspecified atom stereocenters. The number of rotatable bonds is 2. The van der Waals surface area contributed by atoms with Crippen molar-refractivity contribution in [2.75, 3.05) is 4.90 Å². The lowest BCUT2D eigenvalue weighted by molar-refractivity contribution is -0.124. The molecule has 2 heterocycles. The van der Waals surface area contributed by atoms with Gasteiger partial charge in [0, 0.05) is 12.4 Å². The van der Waals surface area contributed by atoms with Gasteiger partial charge in [0.15, 0.2) is 0 Å². The van der Waals surface area contributed by atoms with Crippen LogP contribution in [-0.2, 0) is 9.59 Å². The number of hydrogen-bond acceptors (Lipinski definition) is 2. The molecule has 0 N–H and O–H groups in total. The Kier molecular flexibility index (Phi) is 3.56. The lowest BCUT2D eigenvalue weighted by Gasteiger charge is -2.38. The number of imide groups is 1. The summed E-state index contributed by atoms with van der Waals surface area (Å²) in [6.45, 7) is 0. The molecule has 6 rings (SSSR count). The van der Waals surface area contributed by atoms with Crippen molar-refractivity contribution in [3.63, 3.8) is 0 Å². The lowest BCUT2D eigenvalue weighted by Crippen LogP contribution is -2.38. The van der Waals surface area contributed by atoms with E-state index in [2.05, 4.69) is 12.2 Å². The first-order valence-electron chi connectivity index (χ1n) is 8.75. The summed E-state index contributed by atoms with van der Waals surface area (Å²) in [5.74, 6) is -0.508. The van der Waals surface area contributed by atoms with Crippen LogP contribution in [0, 0.1) is 23.7 Å². The Morgan fingerprint density at radius 3 is 1.85 bits per heavy atom. The molecule has 0 spiro atoms. The summed E-state index contributed by atoms with van der Waals surface area (Å²) in [6, 6.07) is 7.11. The van der Waals surface area contributed by atoms with E-state index in [4.69, 9.17) is 23.2 Å². The van der Waals surface area contributed by atoms with E-state index in [9.17, 15) is 9.59 Å². The van der Waals surface area contributed by atoms with Gasteiger partial charge in [-0.15, -0.1) is 0 Å². The van der Waals surface area contributed by atoms with Crippen molar-refractivity contribution in [1.82, 2.24) is 4.57 Å². The normalized spacial score (nSPS) is 29.5. The summed E-state index contributed by atoms with van der Waals surface area (Å²) in [6.07, 6.45) is 9.87. The highest BCUT2D eigenvalue weighted by molar-refractivity contribution is 6.38. The minimum atomic E-state index is -0.259. The van der Waals surface area contributed by atoms with E-state index in [0.29, 0.717) is 21.4 Å². The van der Waals surface area contributed by atoms with Gasteiger partial charge in [-0.3, -0.25) is 9.59 Å². The third-order valence-electron chi connectivity index (χ3n) is 5.90. The first kappa shape index (κ1) is 16.2. The quantitative estimate of drug-likeness (QED) is 0.563. The van der Waals surface area contributed by atoms with E-state index in [1.54, 1.807) is 12.1 Å². The van der Waals surface area contributed by atoms with Gasteiger partial charge >= 0.3 is 0 Å². The smallest absolute Gasteiger partial charge is 0.238 e. The number of amides is 2. The molecule has 1 aromatic heterocycles. The van der Waals surface area contributed by atoms with Crippen LogP contribution in [0.4, 0.5) is 5.69 Å². The largest absolute Gasteiger partial charge is 0.322 e. The van der Waals surface area contributed by atoms with Gasteiger partial charge in [-0.2, -0.15) is 0 Å². The molecule has 2 amide bonds. The molecule has 26 heavy (non-hydrogen) atoms. The monoisotopic (exact) mass is 386 g/mol. The molecule has 1 saturated heterocycles. The molecule has 132 valence electrons. The van der Waals surface area contributed by atoms with Crippen LogP contribution in [0.25, 0.3) is 5.69 Å². The summed E-state index contributed by atoms with van der Waals surface area (Å²) < 4.78 is 1.84. The van der Waals surface area contributed by atoms with Gasteiger partial charge in [0.05, 0.1) is 33.3 Å². The van der Waals surface area contributed by atoms with Crippen molar-refractivity contribution in [2.24, 2.45) is 23.7 Å². The van der Waals surface area contributed by atoms with E-state index in [-0.39, 0.29) is 35.5 Å². The maximum absolute atomic E-state index is 13.1. The molecule has 6 heteroatoms. The summed E-state index contributed by atoms with van der Waals surface area (Å²) in [4.78, 5) is 27.4. The Balaban J connectivity index is 1.58. The van der Waals surface area contributed by atoms with Crippen LogP contribution in [0.2, 0.25) is 10.0 Å². The van der Waals surface area contributed by atoms with Crippen LogP contribution in [0.3, 0.4) is 0 Å². The number of aromatic nitrogens is 1. The highest BCUT2D eigenvalue weighted by Gasteiger charge is 2.57. The zero-order valence-corrected chi connectivity index (χ0v) is 15.3. The number of allylic oxidation sites excluding steroid dienone is 2. The van der Waals surface area contributed by atoms with E-state index < -0.39 is 0 Å². The number of nitrogens with zero attached hydrogens (tertiary/aromatic N) is 2. The van der Waals surface area contributed by atoms with Crippen molar-refractivity contribution in [3.05, 3.63) is 58.9 Å². The van der Waals surface area contributed by atoms with E-state index in [1.165, 1.54) is 4.90 Å². The fourth-order valence-corrected chi connectivity index (χ4v) is 5.20. The fourth-order valence-electron chi connectivity index (χ4n) is 4.70. The Bertz CT molecular complexity index is 919. The third kappa shape index (κ3) is 2.15. The zero-order valence-electron chi connectivity index (χ0n) is 13.8. The van der Waals surface area contributed by atoms with Gasteiger partial charge in [-0.1, -0.05) is 35.4 Å². The number of hydrogen-bond donors (Lipinski definition) is 0. The van der Waals surface area contributed by atoms with E-state index in [0.717, 1.165) is 12.8 Å². The number of carbonyl (C=O) groups excluding carboxylic acids is 2. The van der Waals surface area contributed by atoms with Gasteiger partial charge in [0.2, 0.25) is 11.8 Å². The van der Waals surface area contributed by atoms with Gasteiger partial charge in [0.1, 0.15) is 0 Å². The summed E-state index contributed by atoms with van der Waals surface area (Å²) >= 11 is 12.9. The van der Waals surface area contributed by atoms with Crippen LogP contribution in [0.1, 0.15) is 12.8 Å². The fraction of sp³-hybridized carbons (Fsp3) is 0.300. The molecule has 0 radical (unpaired) electrons. The molecule has 1 aliphatic heterocycles. The van der Waals surface area contributed by atoms with Crippen molar-refractivity contribution < 1.29 is 9.59 Å². The van der Waals surface area contributed by atoms with Crippen LogP contribution >= 0.6 is 23.2 Å². The van der Waals surface area contributed by atoms with Crippen LogP contribution in [0.5, 0.6) is 0 Å². The van der Waals surface area contributed by atoms with Crippen LogP contribution in [-0.4, -0.2) is 16.4 Å². The number of fused-ring (bicyclic) bond motifs is 1. The molecule has 4 aliphatic rings. The second-order valence-corrected chi connectivity index (χ2v) is 8.01. The predicted octanol–water partition coefficient (Wildman–Crippen LogP) is 4.49. The molecule has 4 nitrogen and oxygen atoms in total. The van der Waals surface area contributed by atoms with Gasteiger partial charge in [0.25, 0.3) is 0 Å². The Morgan fingerprint density at radius 1 is 0.808 bits per heavy atom. The van der Waals surface area contributed by atoms with Crippen molar-refractivity contribution in [1.29, 1.82) is 0 Å². The van der Waals surface area contributed by atoms with Crippen molar-refractivity contribution >= 4 is 40.7 Å². The average molecular weight is 387 g/mol. The molecular formula is C20H16Cl2N2O2. The highest BCUT2D eigenvalue weighted by atomic mass is 35.5. The van der Waals surface area contributed by atoms with Crippen molar-refractivity contribution in [3.8, 4) is 5.69 Å². The maximum atomic E-state index is 13.1. The Labute approximate surface area is 161 Å². The zero-order chi connectivity index (χ0) is 18.0. The SMILES string of the molecule is O=C1[C@@H]2[C@H](C(=O)N1c1cc(Cl)c(-n3cccc3)cc1Cl)[C@@H]1C=C[C@H]2CC1. The maximum Gasteiger partial charge on any atom is 0.238 e. The molecule has 2 fully saturated rings. The highest BCUT2D eigenvalue weighted by Crippen LogP contribution is 2.51. The molecule has 1 aromatic carbocycles. The molecule has 2 bridgehead atoms. The van der Waals surface area contributed by atoms with Gasteiger partial charge in [-0.25, -0.2) is 4.90 Å². The third-order valence-corrected chi connectivity index (χ3v) is 6.50. The predicted molar refractivity (Wildman–Crippen MR) is 101 cm³/mol. The van der Waals surface area contributed by atoms with E-state index >= 15 is 0 Å². The Morgan fingerprint density at radius 2 is 1.31 bits per heavy atom. The number of anilines is 1. The first-order valence-corrected chi connectivity index (χ1v) is 9.50. The second-order valence-electron chi connectivity index (χ2n) is 7.20. The lowest BCUT2D eigenvalue weighted by atomic mass is 9.63. The molecule has 3 aliphatic carbocycles. The van der Waals surface area contributed by atoms with Crippen LogP contribution in [0.15, 0.2) is 48.8 Å². The summed E-state index contributed by atoms with van der Waals surface area (Å²) in [5.41, 5.74) is 1.10. The minimum Gasteiger partial charge on any atom is -0.322 e. The topological polar surface area (TPSA) is 42.3 Å². The van der Waals surface area contributed by atoms with Gasteiger partial charge in [-0.05, 0) is 48.9 Å². The summed E-state index contributed by atoms with van der Waals surface area (Å²) in [5, 5.41) is 0.788. The van der Waals surface area contributed by atoms with Gasteiger partial charge < -0.3 is 4.57 Å². The summed E-state index contributed by atoms with van der Waals surface area (Å²) in [7, 11) is 0. The minimum absolute atomic E-state index is 0.147. The number of halogens is 2. The average Bonchev–Trinajstić information content (AvgIpc) is 3.27.